The van der Waals surface area contributed by atoms with E-state index in [1.807, 2.05) is 22.9 Å². The van der Waals surface area contributed by atoms with E-state index in [0.29, 0.717) is 18.8 Å². The van der Waals surface area contributed by atoms with E-state index in [2.05, 4.69) is 29.2 Å². The van der Waals surface area contributed by atoms with Gasteiger partial charge in [-0.3, -0.25) is 9.69 Å². The first-order valence-corrected chi connectivity index (χ1v) is 9.79. The summed E-state index contributed by atoms with van der Waals surface area (Å²) in [5.74, 6) is 0.390. The van der Waals surface area contributed by atoms with Crippen LogP contribution >= 0.6 is 0 Å². The van der Waals surface area contributed by atoms with E-state index in [4.69, 9.17) is 4.74 Å². The Bertz CT molecular complexity index is 822. The fourth-order valence-electron chi connectivity index (χ4n) is 3.91. The van der Waals surface area contributed by atoms with Crippen LogP contribution in [0.4, 0.5) is 10.1 Å². The molecule has 0 N–H and O–H groups in total. The third-order valence-electron chi connectivity index (χ3n) is 5.67. The van der Waals surface area contributed by atoms with Crippen molar-refractivity contribution in [3.8, 4) is 5.75 Å². The molecule has 2 heterocycles. The molecule has 1 atom stereocenters. The summed E-state index contributed by atoms with van der Waals surface area (Å²) < 4.78 is 19.1. The SMILES string of the molecule is CN1c2ccc(F)cc2OCC1CC(=O)N1CCN(Cc2ccccc2)CC1. The monoisotopic (exact) mass is 383 g/mol. The van der Waals surface area contributed by atoms with Gasteiger partial charge in [-0.05, 0) is 17.7 Å². The average Bonchev–Trinajstić information content (AvgIpc) is 2.71. The molecule has 1 unspecified atom stereocenters. The van der Waals surface area contributed by atoms with Crippen molar-refractivity contribution in [2.45, 2.75) is 19.0 Å². The molecule has 28 heavy (non-hydrogen) atoms. The van der Waals surface area contributed by atoms with E-state index < -0.39 is 0 Å². The average molecular weight is 383 g/mol. The molecule has 5 nitrogen and oxygen atoms in total. The molecule has 0 bridgehead atoms. The van der Waals surface area contributed by atoms with E-state index in [1.54, 1.807) is 6.07 Å². The van der Waals surface area contributed by atoms with Crippen LogP contribution in [0.3, 0.4) is 0 Å². The zero-order valence-corrected chi connectivity index (χ0v) is 16.2. The molecule has 4 rings (SSSR count). The zero-order chi connectivity index (χ0) is 19.5. The van der Waals surface area contributed by atoms with Crippen molar-refractivity contribution >= 4 is 11.6 Å². The van der Waals surface area contributed by atoms with Gasteiger partial charge in [0.2, 0.25) is 5.91 Å². The minimum absolute atomic E-state index is 0.0344. The number of halogens is 1. The number of fused-ring (bicyclic) bond motifs is 1. The number of benzene rings is 2. The lowest BCUT2D eigenvalue weighted by Gasteiger charge is -2.38. The molecule has 1 amide bonds. The predicted molar refractivity (Wildman–Crippen MR) is 107 cm³/mol. The molecular weight excluding hydrogens is 357 g/mol. The van der Waals surface area contributed by atoms with Crippen LogP contribution in [0.1, 0.15) is 12.0 Å². The summed E-state index contributed by atoms with van der Waals surface area (Å²) in [6.07, 6.45) is 0.409. The highest BCUT2D eigenvalue weighted by Gasteiger charge is 2.30. The van der Waals surface area contributed by atoms with Crippen LogP contribution in [0.25, 0.3) is 0 Å². The number of amides is 1. The third kappa shape index (κ3) is 4.12. The van der Waals surface area contributed by atoms with Crippen molar-refractivity contribution in [1.82, 2.24) is 9.80 Å². The fraction of sp³-hybridized carbons (Fsp3) is 0.409. The Hall–Kier alpha value is -2.60. The quantitative estimate of drug-likeness (QED) is 0.814. The molecule has 148 valence electrons. The number of likely N-dealkylation sites (N-methyl/N-ethyl adjacent to an activating group) is 1. The van der Waals surface area contributed by atoms with Crippen LogP contribution in [0.15, 0.2) is 48.5 Å². The standard InChI is InChI=1S/C22H26FN3O2/c1-24-19(16-28-21-13-18(23)7-8-20(21)24)14-22(27)26-11-9-25(10-12-26)15-17-5-3-2-4-6-17/h2-8,13,19H,9-12,14-16H2,1H3. The Morgan fingerprint density at radius 1 is 1.11 bits per heavy atom. The van der Waals surface area contributed by atoms with Crippen LogP contribution in [0.2, 0.25) is 0 Å². The lowest BCUT2D eigenvalue weighted by molar-refractivity contribution is -0.133. The lowest BCUT2D eigenvalue weighted by atomic mass is 10.1. The predicted octanol–water partition coefficient (Wildman–Crippen LogP) is 2.76. The highest BCUT2D eigenvalue weighted by Crippen LogP contribution is 2.34. The van der Waals surface area contributed by atoms with E-state index >= 15 is 0 Å². The lowest BCUT2D eigenvalue weighted by Crippen LogP contribution is -2.50. The number of piperazine rings is 1. The fourth-order valence-corrected chi connectivity index (χ4v) is 3.91. The van der Waals surface area contributed by atoms with Crippen molar-refractivity contribution < 1.29 is 13.9 Å². The molecule has 0 aromatic heterocycles. The molecule has 6 heteroatoms. The van der Waals surface area contributed by atoms with Crippen molar-refractivity contribution in [3.63, 3.8) is 0 Å². The maximum atomic E-state index is 13.4. The van der Waals surface area contributed by atoms with Gasteiger partial charge in [0, 0.05) is 45.8 Å². The Morgan fingerprint density at radius 2 is 1.86 bits per heavy atom. The summed E-state index contributed by atoms with van der Waals surface area (Å²) in [7, 11) is 1.94. The van der Waals surface area contributed by atoms with Crippen LogP contribution < -0.4 is 9.64 Å². The van der Waals surface area contributed by atoms with Crippen molar-refractivity contribution in [2.75, 3.05) is 44.7 Å². The van der Waals surface area contributed by atoms with Gasteiger partial charge in [-0.25, -0.2) is 4.39 Å². The highest BCUT2D eigenvalue weighted by molar-refractivity contribution is 5.78. The molecule has 2 aromatic carbocycles. The molecule has 2 aliphatic rings. The summed E-state index contributed by atoms with van der Waals surface area (Å²) >= 11 is 0. The number of nitrogens with zero attached hydrogens (tertiary/aromatic N) is 3. The summed E-state index contributed by atoms with van der Waals surface area (Å²) in [6.45, 7) is 4.61. The van der Waals surface area contributed by atoms with E-state index in [0.717, 1.165) is 38.4 Å². The van der Waals surface area contributed by atoms with Crippen molar-refractivity contribution in [1.29, 1.82) is 0 Å². The van der Waals surface area contributed by atoms with Crippen molar-refractivity contribution in [3.05, 3.63) is 59.9 Å². The van der Waals surface area contributed by atoms with Crippen molar-refractivity contribution in [2.24, 2.45) is 0 Å². The molecule has 1 saturated heterocycles. The summed E-state index contributed by atoms with van der Waals surface area (Å²) in [4.78, 5) is 19.2. The Balaban J connectivity index is 1.29. The summed E-state index contributed by atoms with van der Waals surface area (Å²) in [6, 6.07) is 14.9. The molecule has 0 spiro atoms. The summed E-state index contributed by atoms with van der Waals surface area (Å²) in [5.41, 5.74) is 2.14. The van der Waals surface area contributed by atoms with Gasteiger partial charge in [0.25, 0.3) is 0 Å². The topological polar surface area (TPSA) is 36.0 Å². The molecule has 1 fully saturated rings. The number of ether oxygens (including phenoxy) is 1. The van der Waals surface area contributed by atoms with Gasteiger partial charge in [-0.15, -0.1) is 0 Å². The largest absolute Gasteiger partial charge is 0.489 e. The third-order valence-corrected chi connectivity index (χ3v) is 5.67. The van der Waals surface area contributed by atoms with Crippen LogP contribution in [0.5, 0.6) is 5.75 Å². The first-order chi connectivity index (χ1) is 13.6. The minimum Gasteiger partial charge on any atom is -0.489 e. The van der Waals surface area contributed by atoms with E-state index in [9.17, 15) is 9.18 Å². The van der Waals surface area contributed by atoms with Gasteiger partial charge >= 0.3 is 0 Å². The maximum Gasteiger partial charge on any atom is 0.224 e. The van der Waals surface area contributed by atoms with Gasteiger partial charge in [-0.1, -0.05) is 30.3 Å². The van der Waals surface area contributed by atoms with Gasteiger partial charge in [0.1, 0.15) is 18.2 Å². The Morgan fingerprint density at radius 3 is 2.61 bits per heavy atom. The second kappa shape index (κ2) is 8.19. The van der Waals surface area contributed by atoms with Gasteiger partial charge in [-0.2, -0.15) is 0 Å². The van der Waals surface area contributed by atoms with Gasteiger partial charge < -0.3 is 14.5 Å². The molecule has 2 aromatic rings. The zero-order valence-electron chi connectivity index (χ0n) is 16.2. The number of anilines is 1. The first-order valence-electron chi connectivity index (χ1n) is 9.79. The Kier molecular flexibility index (Phi) is 5.48. The minimum atomic E-state index is -0.310. The first kappa shape index (κ1) is 18.7. The second-order valence-electron chi connectivity index (χ2n) is 7.53. The summed E-state index contributed by atoms with van der Waals surface area (Å²) in [5, 5.41) is 0. The Labute approximate surface area is 165 Å². The van der Waals surface area contributed by atoms with Gasteiger partial charge in [0.15, 0.2) is 0 Å². The molecule has 0 saturated carbocycles. The highest BCUT2D eigenvalue weighted by atomic mass is 19.1. The second-order valence-corrected chi connectivity index (χ2v) is 7.53. The van der Waals surface area contributed by atoms with Crippen LogP contribution in [0, 0.1) is 5.82 Å². The molecule has 0 aliphatic carbocycles. The number of carbonyl (C=O) groups excluding carboxylic acids is 1. The smallest absolute Gasteiger partial charge is 0.224 e. The van der Waals surface area contributed by atoms with Crippen LogP contribution in [-0.2, 0) is 11.3 Å². The van der Waals surface area contributed by atoms with E-state index in [-0.39, 0.29) is 17.8 Å². The van der Waals surface area contributed by atoms with Crippen LogP contribution in [-0.4, -0.2) is 61.6 Å². The molecule has 2 aliphatic heterocycles. The normalized spacial score (nSPS) is 19.9. The molecular formula is C22H26FN3O2. The number of carbonyl (C=O) groups is 1. The number of rotatable bonds is 4. The molecule has 0 radical (unpaired) electrons. The number of hydrogen-bond acceptors (Lipinski definition) is 4. The number of hydrogen-bond donors (Lipinski definition) is 0. The van der Waals surface area contributed by atoms with E-state index in [1.165, 1.54) is 17.7 Å². The maximum absolute atomic E-state index is 13.4. The van der Waals surface area contributed by atoms with Gasteiger partial charge in [0.05, 0.1) is 18.2 Å².